The molecule has 4 bridgehead atoms. The predicted octanol–water partition coefficient (Wildman–Crippen LogP) is 4.13. The number of amides is 1. The highest BCUT2D eigenvalue weighted by atomic mass is 79.9. The molecule has 0 saturated heterocycles. The summed E-state index contributed by atoms with van der Waals surface area (Å²) < 4.78 is 0. The van der Waals surface area contributed by atoms with Crippen molar-refractivity contribution >= 4 is 21.8 Å². The van der Waals surface area contributed by atoms with Crippen molar-refractivity contribution in [1.29, 1.82) is 0 Å². The Kier molecular flexibility index (Phi) is 5.06. The summed E-state index contributed by atoms with van der Waals surface area (Å²) >= 11 is 3.46. The molecule has 114 valence electrons. The minimum Gasteiger partial charge on any atom is -0.356 e. The maximum atomic E-state index is 12.5. The fourth-order valence-corrected chi connectivity index (χ4v) is 5.65. The van der Waals surface area contributed by atoms with Crippen molar-refractivity contribution < 1.29 is 4.79 Å². The van der Waals surface area contributed by atoms with Crippen LogP contribution in [0.5, 0.6) is 0 Å². The molecule has 0 aromatic carbocycles. The van der Waals surface area contributed by atoms with E-state index < -0.39 is 0 Å². The molecule has 0 atom stereocenters. The third kappa shape index (κ3) is 3.23. The van der Waals surface area contributed by atoms with Crippen molar-refractivity contribution in [2.24, 2.45) is 29.6 Å². The molecule has 2 nitrogen and oxygen atoms in total. The molecule has 0 aliphatic heterocycles. The number of rotatable bonds is 7. The Bertz CT molecular complexity index is 316. The van der Waals surface area contributed by atoms with Gasteiger partial charge in [0, 0.05) is 17.8 Å². The van der Waals surface area contributed by atoms with E-state index in [-0.39, 0.29) is 0 Å². The molecular weight excluding hydrogens is 314 g/mol. The minimum absolute atomic E-state index is 0.366. The van der Waals surface area contributed by atoms with Crippen LogP contribution in [0.1, 0.15) is 57.8 Å². The molecular formula is C17H28BrNO. The number of halogens is 1. The Balaban J connectivity index is 1.41. The molecule has 3 heteroatoms. The third-order valence-corrected chi connectivity index (χ3v) is 6.45. The molecule has 20 heavy (non-hydrogen) atoms. The summed E-state index contributed by atoms with van der Waals surface area (Å²) in [4.78, 5) is 12.5. The van der Waals surface area contributed by atoms with Crippen LogP contribution in [0.25, 0.3) is 0 Å². The van der Waals surface area contributed by atoms with E-state index >= 15 is 0 Å². The second-order valence-corrected chi connectivity index (χ2v) is 8.14. The van der Waals surface area contributed by atoms with E-state index in [1.807, 2.05) is 0 Å². The first-order valence-corrected chi connectivity index (χ1v) is 9.73. The number of carbonyl (C=O) groups is 1. The van der Waals surface area contributed by atoms with E-state index in [9.17, 15) is 4.79 Å². The lowest BCUT2D eigenvalue weighted by atomic mass is 9.51. The number of unbranched alkanes of at least 4 members (excludes halogenated alkanes) is 3. The number of hydrogen-bond acceptors (Lipinski definition) is 1. The van der Waals surface area contributed by atoms with Crippen LogP contribution < -0.4 is 5.32 Å². The van der Waals surface area contributed by atoms with Gasteiger partial charge in [0.15, 0.2) is 0 Å². The zero-order valence-electron chi connectivity index (χ0n) is 12.5. The van der Waals surface area contributed by atoms with Gasteiger partial charge in [-0.1, -0.05) is 28.8 Å². The largest absolute Gasteiger partial charge is 0.356 e. The normalized spacial score (nSPS) is 38.1. The van der Waals surface area contributed by atoms with E-state index in [4.69, 9.17) is 0 Å². The molecule has 0 aromatic rings. The monoisotopic (exact) mass is 341 g/mol. The smallest absolute Gasteiger partial charge is 0.223 e. The molecule has 4 fully saturated rings. The molecule has 0 unspecified atom stereocenters. The minimum atomic E-state index is 0.366. The van der Waals surface area contributed by atoms with Gasteiger partial charge in [-0.2, -0.15) is 0 Å². The second kappa shape index (κ2) is 6.81. The fourth-order valence-electron chi connectivity index (χ4n) is 5.26. The van der Waals surface area contributed by atoms with Gasteiger partial charge in [-0.15, -0.1) is 0 Å². The molecule has 4 rings (SSSR count). The van der Waals surface area contributed by atoms with Gasteiger partial charge in [-0.25, -0.2) is 0 Å². The lowest BCUT2D eigenvalue weighted by Gasteiger charge is -2.53. The van der Waals surface area contributed by atoms with Crippen molar-refractivity contribution in [3.05, 3.63) is 0 Å². The third-order valence-electron chi connectivity index (χ3n) is 5.89. The van der Waals surface area contributed by atoms with E-state index in [1.165, 1.54) is 51.4 Å². The van der Waals surface area contributed by atoms with E-state index in [1.54, 1.807) is 0 Å². The van der Waals surface area contributed by atoms with Crippen LogP contribution in [-0.4, -0.2) is 17.8 Å². The predicted molar refractivity (Wildman–Crippen MR) is 85.8 cm³/mol. The first kappa shape index (κ1) is 14.9. The highest BCUT2D eigenvalue weighted by molar-refractivity contribution is 9.09. The molecule has 4 aliphatic carbocycles. The molecule has 4 aliphatic rings. The van der Waals surface area contributed by atoms with E-state index in [0.29, 0.717) is 11.8 Å². The zero-order valence-corrected chi connectivity index (χ0v) is 14.0. The van der Waals surface area contributed by atoms with Gasteiger partial charge < -0.3 is 5.32 Å². The van der Waals surface area contributed by atoms with Gasteiger partial charge in [0.1, 0.15) is 0 Å². The lowest BCUT2D eigenvalue weighted by Crippen LogP contribution is -2.51. The number of carbonyl (C=O) groups excluding carboxylic acids is 1. The maximum Gasteiger partial charge on any atom is 0.223 e. The summed E-state index contributed by atoms with van der Waals surface area (Å²) in [5.74, 6) is 4.13. The van der Waals surface area contributed by atoms with Gasteiger partial charge in [0.05, 0.1) is 0 Å². The average molecular weight is 342 g/mol. The molecule has 1 N–H and O–H groups in total. The standard InChI is InChI=1S/C17H28BrNO/c18-5-3-1-2-4-6-19-17(20)16-14-8-12-7-13(10-14)11-15(16)9-12/h12-16H,1-11H2,(H,19,20). The van der Waals surface area contributed by atoms with Crippen LogP contribution in [0.2, 0.25) is 0 Å². The summed E-state index contributed by atoms with van der Waals surface area (Å²) in [5.41, 5.74) is 0. The Hall–Kier alpha value is -0.0500. The van der Waals surface area contributed by atoms with Crippen LogP contribution in [-0.2, 0) is 4.79 Å². The van der Waals surface area contributed by atoms with Gasteiger partial charge in [0.2, 0.25) is 5.91 Å². The zero-order chi connectivity index (χ0) is 13.9. The van der Waals surface area contributed by atoms with Crippen molar-refractivity contribution in [3.8, 4) is 0 Å². The number of alkyl halides is 1. The second-order valence-electron chi connectivity index (χ2n) is 7.35. The number of nitrogens with one attached hydrogen (secondary N) is 1. The van der Waals surface area contributed by atoms with Crippen molar-refractivity contribution in [2.45, 2.75) is 57.8 Å². The van der Waals surface area contributed by atoms with Crippen LogP contribution in [0.4, 0.5) is 0 Å². The highest BCUT2D eigenvalue weighted by Gasteiger charge is 2.50. The van der Waals surface area contributed by atoms with Gasteiger partial charge in [-0.05, 0) is 68.6 Å². The molecule has 0 aromatic heterocycles. The summed E-state index contributed by atoms with van der Waals surface area (Å²) in [5, 5.41) is 4.34. The summed E-state index contributed by atoms with van der Waals surface area (Å²) in [7, 11) is 0. The van der Waals surface area contributed by atoms with Crippen LogP contribution in [0, 0.1) is 29.6 Å². The maximum absolute atomic E-state index is 12.5. The van der Waals surface area contributed by atoms with Crippen molar-refractivity contribution in [1.82, 2.24) is 5.32 Å². The average Bonchev–Trinajstić information content (AvgIpc) is 2.41. The van der Waals surface area contributed by atoms with E-state index in [2.05, 4.69) is 21.2 Å². The Morgan fingerprint density at radius 2 is 1.50 bits per heavy atom. The SMILES string of the molecule is O=C(NCCCCCCBr)C1C2CC3CC(C2)CC1C3. The van der Waals surface area contributed by atoms with Crippen molar-refractivity contribution in [3.63, 3.8) is 0 Å². The first-order chi connectivity index (χ1) is 9.78. The van der Waals surface area contributed by atoms with Gasteiger partial charge >= 0.3 is 0 Å². The summed E-state index contributed by atoms with van der Waals surface area (Å²) in [6, 6.07) is 0. The van der Waals surface area contributed by atoms with Crippen molar-refractivity contribution in [2.75, 3.05) is 11.9 Å². The number of hydrogen-bond donors (Lipinski definition) is 1. The van der Waals surface area contributed by atoms with Crippen LogP contribution in [0.3, 0.4) is 0 Å². The summed E-state index contributed by atoms with van der Waals surface area (Å²) in [6.07, 6.45) is 11.8. The van der Waals surface area contributed by atoms with Crippen LogP contribution >= 0.6 is 15.9 Å². The van der Waals surface area contributed by atoms with E-state index in [0.717, 1.165) is 42.0 Å². The Morgan fingerprint density at radius 1 is 0.900 bits per heavy atom. The molecule has 1 amide bonds. The Morgan fingerprint density at radius 3 is 2.10 bits per heavy atom. The topological polar surface area (TPSA) is 29.1 Å². The first-order valence-electron chi connectivity index (χ1n) is 8.61. The Labute approximate surface area is 131 Å². The quantitative estimate of drug-likeness (QED) is 0.547. The fraction of sp³-hybridized carbons (Fsp3) is 0.941. The molecule has 0 radical (unpaired) electrons. The highest BCUT2D eigenvalue weighted by Crippen LogP contribution is 2.56. The molecule has 0 spiro atoms. The molecule has 0 heterocycles. The lowest BCUT2D eigenvalue weighted by molar-refractivity contribution is -0.138. The van der Waals surface area contributed by atoms with Gasteiger partial charge in [-0.3, -0.25) is 4.79 Å². The van der Waals surface area contributed by atoms with Crippen LogP contribution in [0.15, 0.2) is 0 Å². The molecule has 4 saturated carbocycles. The summed E-state index contributed by atoms with van der Waals surface area (Å²) in [6.45, 7) is 0.893. The van der Waals surface area contributed by atoms with Gasteiger partial charge in [0.25, 0.3) is 0 Å².